The summed E-state index contributed by atoms with van der Waals surface area (Å²) in [5.74, 6) is -0.362. The van der Waals surface area contributed by atoms with Gasteiger partial charge in [-0.2, -0.15) is 0 Å². The van der Waals surface area contributed by atoms with Crippen LogP contribution in [-0.2, 0) is 6.54 Å². The predicted octanol–water partition coefficient (Wildman–Crippen LogP) is 3.35. The van der Waals surface area contributed by atoms with E-state index in [2.05, 4.69) is 15.3 Å². The van der Waals surface area contributed by atoms with Crippen LogP contribution in [0, 0.1) is 17.0 Å². The highest BCUT2D eigenvalue weighted by molar-refractivity contribution is 7.15. The standard InChI is InChI=1S/C17H14N4O3S/c1-11-15(25-17(20-11)13-5-3-7-18-9-13)10-19-16(22)12-4-2-6-14(8-12)21(23)24/h2-9H,10H2,1H3,(H,19,22). The van der Waals surface area contributed by atoms with E-state index in [1.54, 1.807) is 18.5 Å². The summed E-state index contributed by atoms with van der Waals surface area (Å²) in [6.45, 7) is 2.19. The number of benzene rings is 1. The van der Waals surface area contributed by atoms with Gasteiger partial charge in [0.2, 0.25) is 0 Å². The van der Waals surface area contributed by atoms with E-state index >= 15 is 0 Å². The summed E-state index contributed by atoms with van der Waals surface area (Å²) < 4.78 is 0. The van der Waals surface area contributed by atoms with Crippen LogP contribution < -0.4 is 5.32 Å². The molecule has 25 heavy (non-hydrogen) atoms. The van der Waals surface area contributed by atoms with Crippen molar-refractivity contribution in [1.82, 2.24) is 15.3 Å². The Morgan fingerprint density at radius 1 is 1.32 bits per heavy atom. The van der Waals surface area contributed by atoms with Crippen LogP contribution in [0.15, 0.2) is 48.8 Å². The third-order valence-corrected chi connectivity index (χ3v) is 4.74. The Balaban J connectivity index is 1.71. The monoisotopic (exact) mass is 354 g/mol. The Morgan fingerprint density at radius 2 is 2.16 bits per heavy atom. The average Bonchev–Trinajstić information content (AvgIpc) is 3.01. The first-order valence-corrected chi connectivity index (χ1v) is 8.25. The van der Waals surface area contributed by atoms with Crippen LogP contribution in [0.4, 0.5) is 5.69 Å². The van der Waals surface area contributed by atoms with Crippen LogP contribution in [0.2, 0.25) is 0 Å². The number of non-ortho nitro benzene ring substituents is 1. The highest BCUT2D eigenvalue weighted by Gasteiger charge is 2.14. The number of thiazole rings is 1. The van der Waals surface area contributed by atoms with Crippen LogP contribution in [0.25, 0.3) is 10.6 Å². The Labute approximate surface area is 147 Å². The maximum absolute atomic E-state index is 12.2. The molecule has 1 amide bonds. The zero-order valence-electron chi connectivity index (χ0n) is 13.3. The van der Waals surface area contributed by atoms with Crippen molar-refractivity contribution in [3.63, 3.8) is 0 Å². The molecular weight excluding hydrogens is 340 g/mol. The number of hydrogen-bond acceptors (Lipinski definition) is 6. The summed E-state index contributed by atoms with van der Waals surface area (Å²) in [6, 6.07) is 9.42. The normalized spacial score (nSPS) is 10.4. The van der Waals surface area contributed by atoms with E-state index in [-0.39, 0.29) is 17.2 Å². The van der Waals surface area contributed by atoms with Crippen molar-refractivity contribution in [2.75, 3.05) is 0 Å². The molecule has 0 saturated heterocycles. The highest BCUT2D eigenvalue weighted by atomic mass is 32.1. The molecule has 0 aliphatic rings. The van der Waals surface area contributed by atoms with Gasteiger partial charge >= 0.3 is 0 Å². The number of rotatable bonds is 5. The molecule has 0 saturated carbocycles. The maximum Gasteiger partial charge on any atom is 0.270 e. The van der Waals surface area contributed by atoms with Gasteiger partial charge in [-0.3, -0.25) is 19.9 Å². The van der Waals surface area contributed by atoms with E-state index in [0.717, 1.165) is 21.1 Å². The lowest BCUT2D eigenvalue weighted by Gasteiger charge is -2.04. The first-order valence-electron chi connectivity index (χ1n) is 7.44. The Hall–Kier alpha value is -3.13. The Bertz CT molecular complexity index is 925. The minimum absolute atomic E-state index is 0.111. The molecule has 0 bridgehead atoms. The number of nitrogens with zero attached hydrogens (tertiary/aromatic N) is 3. The average molecular weight is 354 g/mol. The number of aromatic nitrogens is 2. The number of hydrogen-bond donors (Lipinski definition) is 1. The van der Waals surface area contributed by atoms with E-state index < -0.39 is 4.92 Å². The SMILES string of the molecule is Cc1nc(-c2cccnc2)sc1CNC(=O)c1cccc([N+](=O)[O-])c1. The maximum atomic E-state index is 12.2. The van der Waals surface area contributed by atoms with Crippen LogP contribution >= 0.6 is 11.3 Å². The van der Waals surface area contributed by atoms with Gasteiger partial charge in [0.15, 0.2) is 0 Å². The fourth-order valence-corrected chi connectivity index (χ4v) is 3.22. The van der Waals surface area contributed by atoms with Crippen molar-refractivity contribution in [2.24, 2.45) is 0 Å². The summed E-state index contributed by atoms with van der Waals surface area (Å²) >= 11 is 1.48. The Kier molecular flexibility index (Phi) is 4.80. The van der Waals surface area contributed by atoms with E-state index in [4.69, 9.17) is 0 Å². The number of nitro groups is 1. The number of nitro benzene ring substituents is 1. The lowest BCUT2D eigenvalue weighted by molar-refractivity contribution is -0.384. The molecule has 0 unspecified atom stereocenters. The molecule has 3 rings (SSSR count). The molecular formula is C17H14N4O3S. The van der Waals surface area contributed by atoms with Crippen molar-refractivity contribution in [2.45, 2.75) is 13.5 Å². The van der Waals surface area contributed by atoms with Crippen molar-refractivity contribution >= 4 is 22.9 Å². The molecule has 3 aromatic rings. The first kappa shape index (κ1) is 16.7. The van der Waals surface area contributed by atoms with Crippen molar-refractivity contribution in [3.8, 4) is 10.6 Å². The Morgan fingerprint density at radius 3 is 2.88 bits per heavy atom. The largest absolute Gasteiger partial charge is 0.347 e. The van der Waals surface area contributed by atoms with Gasteiger partial charge in [0, 0.05) is 40.5 Å². The second kappa shape index (κ2) is 7.18. The van der Waals surface area contributed by atoms with Crippen molar-refractivity contribution < 1.29 is 9.72 Å². The van der Waals surface area contributed by atoms with Gasteiger partial charge < -0.3 is 5.32 Å². The van der Waals surface area contributed by atoms with Crippen LogP contribution in [-0.4, -0.2) is 20.8 Å². The van der Waals surface area contributed by atoms with E-state index in [1.807, 2.05) is 19.1 Å². The zero-order chi connectivity index (χ0) is 17.8. The zero-order valence-corrected chi connectivity index (χ0v) is 14.1. The summed E-state index contributed by atoms with van der Waals surface area (Å²) in [5.41, 5.74) is 1.90. The molecule has 0 aliphatic carbocycles. The van der Waals surface area contributed by atoms with Gasteiger partial charge in [-0.25, -0.2) is 4.98 Å². The topological polar surface area (TPSA) is 98.0 Å². The van der Waals surface area contributed by atoms with Gasteiger partial charge in [-0.1, -0.05) is 6.07 Å². The quantitative estimate of drug-likeness (QED) is 0.560. The smallest absolute Gasteiger partial charge is 0.270 e. The lowest BCUT2D eigenvalue weighted by Crippen LogP contribution is -2.22. The molecule has 1 N–H and O–H groups in total. The van der Waals surface area contributed by atoms with Gasteiger partial charge in [-0.05, 0) is 25.1 Å². The van der Waals surface area contributed by atoms with Crippen LogP contribution in [0.3, 0.4) is 0 Å². The summed E-state index contributed by atoms with van der Waals surface area (Å²) in [5, 5.41) is 14.4. The fraction of sp³-hybridized carbons (Fsp3) is 0.118. The molecule has 0 fully saturated rings. The third-order valence-electron chi connectivity index (χ3n) is 3.53. The van der Waals surface area contributed by atoms with Gasteiger partial charge in [0.1, 0.15) is 5.01 Å². The lowest BCUT2D eigenvalue weighted by atomic mass is 10.2. The molecule has 126 valence electrons. The predicted molar refractivity (Wildman–Crippen MR) is 94.3 cm³/mol. The summed E-state index contributed by atoms with van der Waals surface area (Å²) in [7, 11) is 0. The second-order valence-corrected chi connectivity index (χ2v) is 6.34. The van der Waals surface area contributed by atoms with Gasteiger partial charge in [-0.15, -0.1) is 11.3 Å². The minimum Gasteiger partial charge on any atom is -0.347 e. The molecule has 2 heterocycles. The fourth-order valence-electron chi connectivity index (χ4n) is 2.23. The number of amides is 1. The molecule has 2 aromatic heterocycles. The van der Waals surface area contributed by atoms with Crippen molar-refractivity contribution in [1.29, 1.82) is 0 Å². The molecule has 8 heteroatoms. The molecule has 0 aliphatic heterocycles. The number of aryl methyl sites for hydroxylation is 1. The molecule has 0 radical (unpaired) electrons. The third kappa shape index (κ3) is 3.86. The summed E-state index contributed by atoms with van der Waals surface area (Å²) in [4.78, 5) is 32.0. The number of carbonyl (C=O) groups excluding carboxylic acids is 1. The molecule has 7 nitrogen and oxygen atoms in total. The first-order chi connectivity index (χ1) is 12.0. The molecule has 0 atom stereocenters. The summed E-state index contributed by atoms with van der Waals surface area (Å²) in [6.07, 6.45) is 3.44. The number of carbonyl (C=O) groups is 1. The van der Waals surface area contributed by atoms with Crippen LogP contribution in [0.1, 0.15) is 20.9 Å². The van der Waals surface area contributed by atoms with Gasteiger partial charge in [0.25, 0.3) is 11.6 Å². The minimum atomic E-state index is -0.524. The van der Waals surface area contributed by atoms with Crippen molar-refractivity contribution in [3.05, 3.63) is 75.0 Å². The number of pyridine rings is 1. The van der Waals surface area contributed by atoms with Gasteiger partial charge in [0.05, 0.1) is 17.2 Å². The van der Waals surface area contributed by atoms with E-state index in [0.29, 0.717) is 6.54 Å². The molecule has 0 spiro atoms. The van der Waals surface area contributed by atoms with Crippen LogP contribution in [0.5, 0.6) is 0 Å². The highest BCUT2D eigenvalue weighted by Crippen LogP contribution is 2.27. The second-order valence-electron chi connectivity index (χ2n) is 5.26. The van der Waals surface area contributed by atoms with E-state index in [1.165, 1.54) is 29.5 Å². The van der Waals surface area contributed by atoms with E-state index in [9.17, 15) is 14.9 Å². The molecule has 1 aromatic carbocycles. The number of nitrogens with one attached hydrogen (secondary N) is 1.